The van der Waals surface area contributed by atoms with Gasteiger partial charge in [-0.1, -0.05) is 29.8 Å². The third-order valence-electron chi connectivity index (χ3n) is 6.38. The summed E-state index contributed by atoms with van der Waals surface area (Å²) in [6.45, 7) is 6.02. The number of amides is 1. The van der Waals surface area contributed by atoms with Crippen molar-refractivity contribution in [3.63, 3.8) is 0 Å². The molecule has 1 aliphatic rings. The Balaban J connectivity index is 1.87. The number of ketones is 1. The molecule has 0 spiro atoms. The standard InChI is InChI=1S/C28H28ClN3O4/c1-4-31(5-2)20-10-8-19(9-11-20)25-24(26(33)22-15-21(36-3)12-13-23(22)29)27(34)28(35)32(25)17-18-7-6-14-30-16-18/h6-16,25,33H,4-5,17H2,1-3H3/b26-24+. The van der Waals surface area contributed by atoms with Crippen molar-refractivity contribution in [2.75, 3.05) is 25.1 Å². The molecule has 0 bridgehead atoms. The molecule has 7 nitrogen and oxygen atoms in total. The first-order valence-electron chi connectivity index (χ1n) is 11.8. The van der Waals surface area contributed by atoms with Gasteiger partial charge in [-0.2, -0.15) is 0 Å². The predicted octanol–water partition coefficient (Wildman–Crippen LogP) is 5.21. The largest absolute Gasteiger partial charge is 0.507 e. The zero-order valence-electron chi connectivity index (χ0n) is 20.4. The molecule has 3 aromatic rings. The Kier molecular flexibility index (Phi) is 7.60. The monoisotopic (exact) mass is 505 g/mol. The van der Waals surface area contributed by atoms with Crippen molar-refractivity contribution in [1.82, 2.24) is 9.88 Å². The number of likely N-dealkylation sites (tertiary alicyclic amines) is 1. The average molecular weight is 506 g/mol. The normalized spacial score (nSPS) is 16.9. The number of hydrogen-bond acceptors (Lipinski definition) is 6. The molecule has 0 aliphatic carbocycles. The van der Waals surface area contributed by atoms with E-state index >= 15 is 0 Å². The Labute approximate surface area is 215 Å². The van der Waals surface area contributed by atoms with Crippen molar-refractivity contribution >= 4 is 34.7 Å². The van der Waals surface area contributed by atoms with E-state index in [1.807, 2.05) is 30.3 Å². The number of anilines is 1. The number of nitrogens with zero attached hydrogens (tertiary/aromatic N) is 3. The van der Waals surface area contributed by atoms with Gasteiger partial charge in [0.2, 0.25) is 0 Å². The molecular formula is C28H28ClN3O4. The minimum atomic E-state index is -0.807. The Bertz CT molecular complexity index is 1290. The second kappa shape index (κ2) is 10.8. The van der Waals surface area contributed by atoms with Gasteiger partial charge < -0.3 is 19.6 Å². The summed E-state index contributed by atoms with van der Waals surface area (Å²) in [5.41, 5.74) is 2.71. The number of aromatic nitrogens is 1. The third kappa shape index (κ3) is 4.79. The van der Waals surface area contributed by atoms with Crippen LogP contribution in [0.5, 0.6) is 5.75 Å². The number of pyridine rings is 1. The summed E-state index contributed by atoms with van der Waals surface area (Å²) >= 11 is 6.38. The summed E-state index contributed by atoms with van der Waals surface area (Å²) < 4.78 is 5.27. The van der Waals surface area contributed by atoms with E-state index in [0.717, 1.165) is 24.3 Å². The van der Waals surface area contributed by atoms with Crippen LogP contribution in [0.25, 0.3) is 5.76 Å². The summed E-state index contributed by atoms with van der Waals surface area (Å²) in [5.74, 6) is -1.35. The van der Waals surface area contributed by atoms with E-state index in [2.05, 4.69) is 23.7 Å². The van der Waals surface area contributed by atoms with Gasteiger partial charge in [0, 0.05) is 43.3 Å². The van der Waals surface area contributed by atoms with Crippen LogP contribution in [0.2, 0.25) is 5.02 Å². The van der Waals surface area contributed by atoms with E-state index in [4.69, 9.17) is 16.3 Å². The highest BCUT2D eigenvalue weighted by atomic mass is 35.5. The lowest BCUT2D eigenvalue weighted by Gasteiger charge is -2.26. The summed E-state index contributed by atoms with van der Waals surface area (Å²) in [4.78, 5) is 34.4. The summed E-state index contributed by atoms with van der Waals surface area (Å²) in [6.07, 6.45) is 3.30. The lowest BCUT2D eigenvalue weighted by molar-refractivity contribution is -0.140. The molecular weight excluding hydrogens is 478 g/mol. The maximum absolute atomic E-state index is 13.3. The molecule has 36 heavy (non-hydrogen) atoms. The number of carbonyl (C=O) groups excluding carboxylic acids is 2. The van der Waals surface area contributed by atoms with Crippen LogP contribution in [0.15, 0.2) is 72.6 Å². The van der Waals surface area contributed by atoms with Crippen LogP contribution >= 0.6 is 11.6 Å². The molecule has 1 unspecified atom stereocenters. The van der Waals surface area contributed by atoms with E-state index in [1.165, 1.54) is 12.0 Å². The SMILES string of the molecule is CCN(CC)c1ccc(C2/C(=C(\O)c3cc(OC)ccc3Cl)C(=O)C(=O)N2Cc2cccnc2)cc1. The molecule has 1 aliphatic heterocycles. The van der Waals surface area contributed by atoms with Gasteiger partial charge >= 0.3 is 0 Å². The molecule has 8 heteroatoms. The Morgan fingerprint density at radius 3 is 2.44 bits per heavy atom. The van der Waals surface area contributed by atoms with Crippen molar-refractivity contribution in [3.05, 3.63) is 94.3 Å². The first kappa shape index (κ1) is 25.3. The van der Waals surface area contributed by atoms with Crippen LogP contribution in [0.4, 0.5) is 5.69 Å². The minimum Gasteiger partial charge on any atom is -0.507 e. The number of rotatable bonds is 8. The number of aliphatic hydroxyl groups is 1. The maximum atomic E-state index is 13.3. The fourth-order valence-corrected chi connectivity index (χ4v) is 4.70. The lowest BCUT2D eigenvalue weighted by Crippen LogP contribution is -2.29. The quantitative estimate of drug-likeness (QED) is 0.257. The highest BCUT2D eigenvalue weighted by Crippen LogP contribution is 2.42. The van der Waals surface area contributed by atoms with Gasteiger partial charge in [-0.3, -0.25) is 14.6 Å². The summed E-state index contributed by atoms with van der Waals surface area (Å²) in [7, 11) is 1.50. The molecule has 1 aromatic heterocycles. The number of methoxy groups -OCH3 is 1. The van der Waals surface area contributed by atoms with Gasteiger partial charge in [0.1, 0.15) is 11.5 Å². The van der Waals surface area contributed by atoms with Crippen molar-refractivity contribution < 1.29 is 19.4 Å². The van der Waals surface area contributed by atoms with Crippen LogP contribution in [0.1, 0.15) is 36.6 Å². The average Bonchev–Trinajstić information content (AvgIpc) is 3.15. The van der Waals surface area contributed by atoms with E-state index in [-0.39, 0.29) is 28.5 Å². The maximum Gasteiger partial charge on any atom is 0.295 e. The number of benzene rings is 2. The van der Waals surface area contributed by atoms with Gasteiger partial charge in [0.15, 0.2) is 0 Å². The van der Waals surface area contributed by atoms with Crippen molar-refractivity contribution in [3.8, 4) is 5.75 Å². The van der Waals surface area contributed by atoms with Gasteiger partial charge in [-0.05, 0) is 61.4 Å². The molecule has 4 rings (SSSR count). The smallest absolute Gasteiger partial charge is 0.295 e. The second-order valence-corrected chi connectivity index (χ2v) is 8.81. The van der Waals surface area contributed by atoms with Crippen LogP contribution in [0.3, 0.4) is 0 Å². The molecule has 1 fully saturated rings. The van der Waals surface area contributed by atoms with E-state index in [1.54, 1.807) is 36.7 Å². The molecule has 1 amide bonds. The van der Waals surface area contributed by atoms with Crippen molar-refractivity contribution in [2.24, 2.45) is 0 Å². The minimum absolute atomic E-state index is 0.0189. The number of halogens is 1. The Morgan fingerprint density at radius 1 is 1.11 bits per heavy atom. The van der Waals surface area contributed by atoms with Crippen molar-refractivity contribution in [2.45, 2.75) is 26.4 Å². The molecule has 2 aromatic carbocycles. The third-order valence-corrected chi connectivity index (χ3v) is 6.71. The predicted molar refractivity (Wildman–Crippen MR) is 140 cm³/mol. The van der Waals surface area contributed by atoms with E-state index in [9.17, 15) is 14.7 Å². The number of aliphatic hydroxyl groups excluding tert-OH is 1. The molecule has 186 valence electrons. The van der Waals surface area contributed by atoms with Crippen LogP contribution in [0, 0.1) is 0 Å². The summed E-state index contributed by atoms with van der Waals surface area (Å²) in [6, 6.07) is 15.3. The Morgan fingerprint density at radius 2 is 1.83 bits per heavy atom. The summed E-state index contributed by atoms with van der Waals surface area (Å²) in [5, 5.41) is 11.6. The lowest BCUT2D eigenvalue weighted by atomic mass is 9.94. The Hall–Kier alpha value is -3.84. The highest BCUT2D eigenvalue weighted by molar-refractivity contribution is 6.47. The van der Waals surface area contributed by atoms with Gasteiger partial charge in [-0.15, -0.1) is 0 Å². The van der Waals surface area contributed by atoms with Gasteiger partial charge in [0.25, 0.3) is 11.7 Å². The van der Waals surface area contributed by atoms with E-state index < -0.39 is 17.7 Å². The fraction of sp³-hybridized carbons (Fsp3) is 0.250. The molecule has 0 saturated carbocycles. The highest BCUT2D eigenvalue weighted by Gasteiger charge is 2.46. The topological polar surface area (TPSA) is 83.0 Å². The fourth-order valence-electron chi connectivity index (χ4n) is 4.49. The molecule has 2 heterocycles. The number of ether oxygens (including phenoxy) is 1. The number of Topliss-reactive ketones (excluding diaryl/α,β-unsaturated/α-hetero) is 1. The molecule has 1 saturated heterocycles. The van der Waals surface area contributed by atoms with Crippen molar-refractivity contribution in [1.29, 1.82) is 0 Å². The van der Waals surface area contributed by atoms with Crippen LogP contribution in [-0.2, 0) is 16.1 Å². The second-order valence-electron chi connectivity index (χ2n) is 8.40. The number of carbonyl (C=O) groups is 2. The zero-order chi connectivity index (χ0) is 25.8. The zero-order valence-corrected chi connectivity index (χ0v) is 21.2. The van der Waals surface area contributed by atoms with Crippen LogP contribution < -0.4 is 9.64 Å². The van der Waals surface area contributed by atoms with Gasteiger partial charge in [0.05, 0.1) is 23.7 Å². The molecule has 0 radical (unpaired) electrons. The van der Waals surface area contributed by atoms with E-state index in [0.29, 0.717) is 11.3 Å². The van der Waals surface area contributed by atoms with Crippen LogP contribution in [-0.4, -0.2) is 46.9 Å². The van der Waals surface area contributed by atoms with Gasteiger partial charge in [-0.25, -0.2) is 0 Å². The number of hydrogen-bond donors (Lipinski definition) is 1. The molecule has 1 atom stereocenters. The molecule has 1 N–H and O–H groups in total. The first-order chi connectivity index (χ1) is 17.4. The first-order valence-corrected chi connectivity index (χ1v) is 12.1.